The molecule has 1 atom stereocenters. The maximum Gasteiger partial charge on any atom is 0.227 e. The lowest BCUT2D eigenvalue weighted by molar-refractivity contribution is 0.370. The van der Waals surface area contributed by atoms with E-state index in [1.54, 1.807) is 0 Å². The molecule has 2 aromatic heterocycles. The van der Waals surface area contributed by atoms with Crippen LogP contribution in [0.1, 0.15) is 24.5 Å². The van der Waals surface area contributed by atoms with E-state index >= 15 is 0 Å². The van der Waals surface area contributed by atoms with E-state index in [9.17, 15) is 0 Å². The molecule has 6 nitrogen and oxygen atoms in total. The maximum atomic E-state index is 5.43. The summed E-state index contributed by atoms with van der Waals surface area (Å²) in [5.74, 6) is 2.38. The lowest BCUT2D eigenvalue weighted by Gasteiger charge is -2.08. The van der Waals surface area contributed by atoms with Crippen LogP contribution < -0.4 is 5.32 Å². The third-order valence-electron chi connectivity index (χ3n) is 4.70. The van der Waals surface area contributed by atoms with E-state index in [-0.39, 0.29) is 0 Å². The van der Waals surface area contributed by atoms with Gasteiger partial charge in [0.1, 0.15) is 5.82 Å². The van der Waals surface area contributed by atoms with E-state index in [2.05, 4.69) is 45.1 Å². The van der Waals surface area contributed by atoms with Gasteiger partial charge < -0.3 is 9.84 Å². The van der Waals surface area contributed by atoms with Gasteiger partial charge >= 0.3 is 0 Å². The summed E-state index contributed by atoms with van der Waals surface area (Å²) >= 11 is 0. The van der Waals surface area contributed by atoms with Gasteiger partial charge in [0.2, 0.25) is 5.89 Å². The average Bonchev–Trinajstić information content (AvgIpc) is 3.30. The highest BCUT2D eigenvalue weighted by molar-refractivity contribution is 5.78. The predicted octanol–water partition coefficient (Wildman–Crippen LogP) is 3.34. The van der Waals surface area contributed by atoms with E-state index in [1.165, 1.54) is 0 Å². The first-order chi connectivity index (χ1) is 13.2. The Labute approximate surface area is 158 Å². The zero-order chi connectivity index (χ0) is 18.6. The summed E-state index contributed by atoms with van der Waals surface area (Å²) in [6.07, 6.45) is 2.15. The largest absolute Gasteiger partial charge is 0.339 e. The lowest BCUT2D eigenvalue weighted by atomic mass is 10.2. The van der Waals surface area contributed by atoms with Gasteiger partial charge in [-0.3, -0.25) is 4.57 Å². The van der Waals surface area contributed by atoms with Crippen molar-refractivity contribution in [2.45, 2.75) is 32.2 Å². The van der Waals surface area contributed by atoms with Gasteiger partial charge in [0.15, 0.2) is 5.82 Å². The molecule has 0 saturated heterocycles. The molecule has 0 fully saturated rings. The third kappa shape index (κ3) is 3.75. The van der Waals surface area contributed by atoms with Crippen LogP contribution in [0.5, 0.6) is 0 Å². The molecule has 0 spiro atoms. The number of rotatable bonds is 7. The number of para-hydroxylation sites is 3. The van der Waals surface area contributed by atoms with Crippen LogP contribution in [0.3, 0.4) is 0 Å². The van der Waals surface area contributed by atoms with Crippen molar-refractivity contribution in [3.8, 4) is 5.69 Å². The van der Waals surface area contributed by atoms with Gasteiger partial charge in [-0.15, -0.1) is 0 Å². The van der Waals surface area contributed by atoms with Gasteiger partial charge in [0, 0.05) is 31.0 Å². The predicted molar refractivity (Wildman–Crippen MR) is 105 cm³/mol. The molecule has 138 valence electrons. The number of aromatic nitrogens is 4. The summed E-state index contributed by atoms with van der Waals surface area (Å²) in [6.45, 7) is 2.10. The molecule has 0 aliphatic rings. The van der Waals surface area contributed by atoms with Gasteiger partial charge in [-0.05, 0) is 38.2 Å². The minimum absolute atomic E-state index is 0.317. The maximum absolute atomic E-state index is 5.43. The molecule has 4 rings (SSSR count). The van der Waals surface area contributed by atoms with Crippen molar-refractivity contribution < 1.29 is 4.52 Å². The number of fused-ring (bicyclic) bond motifs is 1. The topological polar surface area (TPSA) is 68.8 Å². The highest BCUT2D eigenvalue weighted by Gasteiger charge is 2.14. The number of nitrogens with zero attached hydrogens (tertiary/aromatic N) is 4. The lowest BCUT2D eigenvalue weighted by Crippen LogP contribution is -2.24. The second-order valence-corrected chi connectivity index (χ2v) is 6.69. The van der Waals surface area contributed by atoms with Crippen LogP contribution in [0, 0.1) is 0 Å². The third-order valence-corrected chi connectivity index (χ3v) is 4.70. The molecule has 0 saturated carbocycles. The van der Waals surface area contributed by atoms with Gasteiger partial charge in [-0.2, -0.15) is 4.98 Å². The van der Waals surface area contributed by atoms with Gasteiger partial charge in [0.25, 0.3) is 0 Å². The first-order valence-electron chi connectivity index (χ1n) is 9.25. The molecule has 2 heterocycles. The van der Waals surface area contributed by atoms with Crippen molar-refractivity contribution in [2.24, 2.45) is 0 Å². The molecule has 6 heteroatoms. The van der Waals surface area contributed by atoms with E-state index < -0.39 is 0 Å². The molecule has 0 aliphatic heterocycles. The number of aryl methyl sites for hydroxylation is 2. The Morgan fingerprint density at radius 2 is 1.78 bits per heavy atom. The molecule has 0 aliphatic carbocycles. The van der Waals surface area contributed by atoms with Crippen LogP contribution in [0.25, 0.3) is 16.7 Å². The Hall–Kier alpha value is -2.99. The van der Waals surface area contributed by atoms with Gasteiger partial charge in [-0.25, -0.2) is 4.98 Å². The number of imidazole rings is 1. The molecule has 1 N–H and O–H groups in total. The van der Waals surface area contributed by atoms with Crippen molar-refractivity contribution in [2.75, 3.05) is 7.05 Å². The Balaban J connectivity index is 1.59. The molecule has 0 bridgehead atoms. The molecule has 4 aromatic rings. The normalized spacial score (nSPS) is 12.5. The Bertz CT molecular complexity index is 1020. The van der Waals surface area contributed by atoms with Crippen LogP contribution in [0.4, 0.5) is 0 Å². The number of benzene rings is 2. The first kappa shape index (κ1) is 17.4. The second-order valence-electron chi connectivity index (χ2n) is 6.69. The first-order valence-corrected chi connectivity index (χ1v) is 9.25. The molecular weight excluding hydrogens is 338 g/mol. The number of hydrogen-bond donors (Lipinski definition) is 1. The highest BCUT2D eigenvalue weighted by Crippen LogP contribution is 2.22. The minimum atomic E-state index is 0.317. The Morgan fingerprint density at radius 1 is 1.00 bits per heavy atom. The van der Waals surface area contributed by atoms with Gasteiger partial charge in [0.05, 0.1) is 11.0 Å². The van der Waals surface area contributed by atoms with Crippen LogP contribution in [0.2, 0.25) is 0 Å². The fourth-order valence-electron chi connectivity index (χ4n) is 3.18. The van der Waals surface area contributed by atoms with Crippen LogP contribution >= 0.6 is 0 Å². The van der Waals surface area contributed by atoms with Crippen LogP contribution in [0.15, 0.2) is 59.1 Å². The standard InChI is InChI=1S/C21H23N5O/c1-15(22-2)14-19-24-21(27-25-19)13-12-20-23-17-10-6-7-11-18(17)26(20)16-8-4-3-5-9-16/h3-11,15,22H,12-14H2,1-2H3. The molecule has 27 heavy (non-hydrogen) atoms. The SMILES string of the molecule is CNC(C)Cc1noc(CCc2nc3ccccc3n2-c2ccccc2)n1. The van der Waals surface area contributed by atoms with Crippen LogP contribution in [-0.4, -0.2) is 32.8 Å². The minimum Gasteiger partial charge on any atom is -0.339 e. The zero-order valence-corrected chi connectivity index (χ0v) is 15.6. The van der Waals surface area contributed by atoms with Crippen molar-refractivity contribution in [3.05, 3.63) is 72.1 Å². The molecule has 1 unspecified atom stereocenters. The molecular formula is C21H23N5O. The fraction of sp³-hybridized carbons (Fsp3) is 0.286. The number of hydrogen-bond acceptors (Lipinski definition) is 5. The molecule has 2 aromatic carbocycles. The smallest absolute Gasteiger partial charge is 0.227 e. The summed E-state index contributed by atoms with van der Waals surface area (Å²) in [5.41, 5.74) is 3.20. The highest BCUT2D eigenvalue weighted by atomic mass is 16.5. The summed E-state index contributed by atoms with van der Waals surface area (Å²) in [4.78, 5) is 9.35. The number of nitrogens with one attached hydrogen (secondary N) is 1. The number of likely N-dealkylation sites (N-methyl/N-ethyl adjacent to an activating group) is 1. The van der Waals surface area contributed by atoms with E-state index in [0.29, 0.717) is 18.4 Å². The zero-order valence-electron chi connectivity index (χ0n) is 15.6. The van der Waals surface area contributed by atoms with Crippen LogP contribution in [-0.2, 0) is 19.3 Å². The van der Waals surface area contributed by atoms with Crippen molar-refractivity contribution in [1.29, 1.82) is 0 Å². The quantitative estimate of drug-likeness (QED) is 0.547. The van der Waals surface area contributed by atoms with E-state index in [4.69, 9.17) is 9.51 Å². The Morgan fingerprint density at radius 3 is 2.59 bits per heavy atom. The summed E-state index contributed by atoms with van der Waals surface area (Å²) < 4.78 is 7.63. The molecule has 0 radical (unpaired) electrons. The summed E-state index contributed by atoms with van der Waals surface area (Å²) in [5, 5.41) is 7.27. The van der Waals surface area contributed by atoms with E-state index in [1.807, 2.05) is 43.4 Å². The van der Waals surface area contributed by atoms with Crippen molar-refractivity contribution >= 4 is 11.0 Å². The fourth-order valence-corrected chi connectivity index (χ4v) is 3.18. The molecule has 0 amide bonds. The monoisotopic (exact) mass is 361 g/mol. The Kier molecular flexibility index (Phi) is 4.98. The van der Waals surface area contributed by atoms with E-state index in [0.717, 1.165) is 41.2 Å². The average molecular weight is 361 g/mol. The summed E-state index contributed by atoms with van der Waals surface area (Å²) in [7, 11) is 1.93. The van der Waals surface area contributed by atoms with Gasteiger partial charge in [-0.1, -0.05) is 35.5 Å². The van der Waals surface area contributed by atoms with Crippen molar-refractivity contribution in [1.82, 2.24) is 25.0 Å². The van der Waals surface area contributed by atoms with Crippen molar-refractivity contribution in [3.63, 3.8) is 0 Å². The summed E-state index contributed by atoms with van der Waals surface area (Å²) in [6, 6.07) is 18.8. The second kappa shape index (κ2) is 7.72.